The largest absolute Gasteiger partial charge is 0.417 e. The summed E-state index contributed by atoms with van der Waals surface area (Å²) in [5.41, 5.74) is 1.58. The van der Waals surface area contributed by atoms with Crippen molar-refractivity contribution in [3.63, 3.8) is 0 Å². The average Bonchev–Trinajstić information content (AvgIpc) is 3.49. The van der Waals surface area contributed by atoms with Crippen LogP contribution in [0.2, 0.25) is 0 Å². The number of nitrogens with zero attached hydrogens (tertiary/aromatic N) is 6. The van der Waals surface area contributed by atoms with Gasteiger partial charge in [-0.1, -0.05) is 0 Å². The second-order valence-corrected chi connectivity index (χ2v) is 8.39. The van der Waals surface area contributed by atoms with Crippen molar-refractivity contribution in [3.05, 3.63) is 65.5 Å². The van der Waals surface area contributed by atoms with E-state index >= 15 is 0 Å². The lowest BCUT2D eigenvalue weighted by Gasteiger charge is -2.25. The number of aromatic nitrogens is 5. The third-order valence-electron chi connectivity index (χ3n) is 6.47. The van der Waals surface area contributed by atoms with E-state index in [1.54, 1.807) is 18.6 Å². The Morgan fingerprint density at radius 3 is 2.56 bits per heavy atom. The number of aryl methyl sites for hydroxylation is 1. The van der Waals surface area contributed by atoms with Crippen molar-refractivity contribution in [3.8, 4) is 5.69 Å². The minimum absolute atomic E-state index is 0.0114. The van der Waals surface area contributed by atoms with Gasteiger partial charge in [0.2, 0.25) is 0 Å². The fourth-order valence-corrected chi connectivity index (χ4v) is 5.04. The summed E-state index contributed by atoms with van der Waals surface area (Å²) in [7, 11) is 0. The third-order valence-corrected chi connectivity index (χ3v) is 6.47. The number of fused-ring (bicyclic) bond motifs is 2. The maximum Gasteiger partial charge on any atom is 0.417 e. The first kappa shape index (κ1) is 20.6. The minimum atomic E-state index is -4.40. The van der Waals surface area contributed by atoms with Crippen LogP contribution in [0.3, 0.4) is 0 Å². The highest BCUT2D eigenvalue weighted by Crippen LogP contribution is 2.44. The van der Waals surface area contributed by atoms with Crippen molar-refractivity contribution in [2.45, 2.75) is 50.9 Å². The molecule has 0 saturated carbocycles. The van der Waals surface area contributed by atoms with Gasteiger partial charge in [-0.3, -0.25) is 9.78 Å². The van der Waals surface area contributed by atoms with E-state index in [1.165, 1.54) is 10.9 Å². The Labute approximate surface area is 182 Å². The van der Waals surface area contributed by atoms with E-state index in [9.17, 15) is 18.0 Å². The molecule has 2 aliphatic rings. The van der Waals surface area contributed by atoms with E-state index in [-0.39, 0.29) is 23.9 Å². The van der Waals surface area contributed by atoms with Crippen LogP contribution in [-0.4, -0.2) is 47.9 Å². The van der Waals surface area contributed by atoms with Crippen LogP contribution in [0.1, 0.15) is 46.6 Å². The molecule has 3 unspecified atom stereocenters. The molecular formula is C22H21F3N6O. The Hall–Kier alpha value is -3.30. The smallest absolute Gasteiger partial charge is 0.331 e. The van der Waals surface area contributed by atoms with Gasteiger partial charge in [0, 0.05) is 30.2 Å². The van der Waals surface area contributed by atoms with E-state index in [0.29, 0.717) is 23.5 Å². The van der Waals surface area contributed by atoms with Crippen LogP contribution < -0.4 is 0 Å². The van der Waals surface area contributed by atoms with Gasteiger partial charge in [0.05, 0.1) is 18.0 Å². The molecule has 7 nitrogen and oxygen atoms in total. The summed E-state index contributed by atoms with van der Waals surface area (Å²) in [5.74, 6) is -0.00518. The zero-order valence-electron chi connectivity index (χ0n) is 17.3. The molecule has 3 atom stereocenters. The Morgan fingerprint density at radius 2 is 1.88 bits per heavy atom. The molecular weight excluding hydrogens is 421 g/mol. The molecule has 1 amide bonds. The van der Waals surface area contributed by atoms with Crippen molar-refractivity contribution < 1.29 is 18.0 Å². The molecule has 3 aromatic heterocycles. The number of carbonyl (C=O) groups excluding carboxylic acids is 1. The minimum Gasteiger partial charge on any atom is -0.331 e. The molecule has 5 heterocycles. The molecule has 32 heavy (non-hydrogen) atoms. The van der Waals surface area contributed by atoms with Gasteiger partial charge < -0.3 is 4.90 Å². The van der Waals surface area contributed by atoms with Gasteiger partial charge in [-0.25, -0.2) is 4.98 Å². The van der Waals surface area contributed by atoms with Crippen LogP contribution in [0, 0.1) is 12.8 Å². The number of hydrogen-bond donors (Lipinski definition) is 0. The van der Waals surface area contributed by atoms with Gasteiger partial charge >= 0.3 is 6.18 Å². The van der Waals surface area contributed by atoms with Crippen LogP contribution in [0.15, 0.2) is 43.0 Å². The number of amides is 1. The van der Waals surface area contributed by atoms with Crippen LogP contribution >= 0.6 is 0 Å². The molecule has 0 aromatic carbocycles. The van der Waals surface area contributed by atoms with Crippen LogP contribution in [-0.2, 0) is 12.6 Å². The average molecular weight is 442 g/mol. The van der Waals surface area contributed by atoms with Gasteiger partial charge in [-0.2, -0.15) is 23.4 Å². The first-order valence-electron chi connectivity index (χ1n) is 10.5. The molecule has 2 fully saturated rings. The van der Waals surface area contributed by atoms with Gasteiger partial charge in [0.1, 0.15) is 5.69 Å². The topological polar surface area (TPSA) is 76.8 Å². The van der Waals surface area contributed by atoms with Gasteiger partial charge in [0.25, 0.3) is 5.91 Å². The summed E-state index contributed by atoms with van der Waals surface area (Å²) >= 11 is 0. The van der Waals surface area contributed by atoms with Crippen molar-refractivity contribution in [1.82, 2.24) is 29.9 Å². The lowest BCUT2D eigenvalue weighted by atomic mass is 9.86. The third kappa shape index (κ3) is 3.53. The quantitative estimate of drug-likeness (QED) is 0.617. The van der Waals surface area contributed by atoms with E-state index in [0.717, 1.165) is 37.1 Å². The van der Waals surface area contributed by atoms with Gasteiger partial charge in [0.15, 0.2) is 5.69 Å². The fraction of sp³-hybridized carbons (Fsp3) is 0.409. The molecule has 3 aromatic rings. The molecule has 2 saturated heterocycles. The monoisotopic (exact) mass is 442 g/mol. The second-order valence-electron chi connectivity index (χ2n) is 8.39. The van der Waals surface area contributed by atoms with Crippen molar-refractivity contribution in [2.24, 2.45) is 5.92 Å². The molecule has 2 aliphatic heterocycles. The Balaban J connectivity index is 1.38. The molecule has 0 N–H and O–H groups in total. The first-order chi connectivity index (χ1) is 15.3. The molecule has 10 heteroatoms. The number of alkyl halides is 3. The SMILES string of the molecule is Cc1ccnc(C(=O)N2C3CCC2C(Cc2ccc(C(F)(F)F)cn2)C3)c1-n1nccn1. The van der Waals surface area contributed by atoms with Crippen LogP contribution in [0.25, 0.3) is 5.69 Å². The highest BCUT2D eigenvalue weighted by molar-refractivity contribution is 5.97. The predicted octanol–water partition coefficient (Wildman–Crippen LogP) is 3.62. The molecule has 0 radical (unpaired) electrons. The number of pyridine rings is 2. The second kappa shape index (κ2) is 7.68. The summed E-state index contributed by atoms with van der Waals surface area (Å²) in [6.45, 7) is 1.88. The van der Waals surface area contributed by atoms with E-state index in [1.807, 2.05) is 17.9 Å². The molecule has 5 rings (SSSR count). The maximum atomic E-state index is 13.6. The van der Waals surface area contributed by atoms with E-state index in [4.69, 9.17) is 0 Å². The predicted molar refractivity (Wildman–Crippen MR) is 108 cm³/mol. The Kier molecular flexibility index (Phi) is 4.94. The number of carbonyl (C=O) groups is 1. The van der Waals surface area contributed by atoms with Crippen molar-refractivity contribution >= 4 is 5.91 Å². The summed E-state index contributed by atoms with van der Waals surface area (Å²) < 4.78 is 38.4. The first-order valence-corrected chi connectivity index (χ1v) is 10.5. The zero-order chi connectivity index (χ0) is 22.5. The molecule has 0 aliphatic carbocycles. The number of rotatable bonds is 4. The summed E-state index contributed by atoms with van der Waals surface area (Å²) in [6.07, 6.45) is 4.31. The highest BCUT2D eigenvalue weighted by atomic mass is 19.4. The van der Waals surface area contributed by atoms with Gasteiger partial charge in [-0.15, -0.1) is 4.80 Å². The number of halogens is 3. The standard InChI is InChI=1S/C22H21F3N6O/c1-13-6-7-26-19(20(13)31-28-8-9-29-31)21(32)30-17-4-5-18(30)14(11-17)10-16-3-2-15(12-27-16)22(23,24)25/h2-3,6-9,12,14,17-18H,4-5,10-11H2,1H3. The molecule has 166 valence electrons. The summed E-state index contributed by atoms with van der Waals surface area (Å²) in [4.78, 5) is 25.3. The number of hydrogen-bond acceptors (Lipinski definition) is 5. The van der Waals surface area contributed by atoms with Crippen LogP contribution in [0.4, 0.5) is 13.2 Å². The Morgan fingerprint density at radius 1 is 1.09 bits per heavy atom. The molecule has 0 spiro atoms. The molecule has 2 bridgehead atoms. The van der Waals surface area contributed by atoms with Gasteiger partial charge in [-0.05, 0) is 62.3 Å². The zero-order valence-corrected chi connectivity index (χ0v) is 17.3. The summed E-state index contributed by atoms with van der Waals surface area (Å²) in [6, 6.07) is 4.42. The highest BCUT2D eigenvalue weighted by Gasteiger charge is 2.49. The normalized spacial score (nSPS) is 22.5. The lowest BCUT2D eigenvalue weighted by molar-refractivity contribution is -0.137. The van der Waals surface area contributed by atoms with Crippen molar-refractivity contribution in [1.29, 1.82) is 0 Å². The Bertz CT molecular complexity index is 1130. The van der Waals surface area contributed by atoms with E-state index in [2.05, 4.69) is 20.2 Å². The lowest BCUT2D eigenvalue weighted by Crippen LogP contribution is -2.38. The fourth-order valence-electron chi connectivity index (χ4n) is 5.04. The van der Waals surface area contributed by atoms with Crippen molar-refractivity contribution in [2.75, 3.05) is 0 Å². The maximum absolute atomic E-state index is 13.6. The van der Waals surface area contributed by atoms with E-state index < -0.39 is 11.7 Å². The summed E-state index contributed by atoms with van der Waals surface area (Å²) in [5, 5.41) is 8.34. The van der Waals surface area contributed by atoms with Crippen LogP contribution in [0.5, 0.6) is 0 Å².